The van der Waals surface area contributed by atoms with Crippen LogP contribution in [-0.2, 0) is 0 Å². The van der Waals surface area contributed by atoms with Gasteiger partial charge in [-0.1, -0.05) is 6.92 Å². The molecule has 0 bridgehead atoms. The van der Waals surface area contributed by atoms with Gasteiger partial charge in [-0.05, 0) is 25.3 Å². The van der Waals surface area contributed by atoms with Crippen LogP contribution in [0.15, 0.2) is 23.1 Å². The van der Waals surface area contributed by atoms with E-state index >= 15 is 0 Å². The van der Waals surface area contributed by atoms with Crippen molar-refractivity contribution in [1.82, 2.24) is 9.88 Å². The molecule has 16 heavy (non-hydrogen) atoms. The molecule has 1 aromatic heterocycles. The minimum Gasteiger partial charge on any atom is -0.336 e. The summed E-state index contributed by atoms with van der Waals surface area (Å²) in [6.45, 7) is 2.90. The predicted octanol–water partition coefficient (Wildman–Crippen LogP) is 1.39. The first-order chi connectivity index (χ1) is 7.72. The van der Waals surface area contributed by atoms with E-state index < -0.39 is 0 Å². The standard InChI is InChI=1S/C12H16N2O2/c1-2-10-4-3-7-14(10)12(16)9-5-6-13-11(15)8-9/h5-6,8,10H,2-4,7H2,1H3,(H,13,15). The van der Waals surface area contributed by atoms with Crippen LogP contribution in [0.4, 0.5) is 0 Å². The Morgan fingerprint density at radius 1 is 1.62 bits per heavy atom. The summed E-state index contributed by atoms with van der Waals surface area (Å²) in [5.74, 6) is -0.0181. The summed E-state index contributed by atoms with van der Waals surface area (Å²) in [5, 5.41) is 0. The molecule has 2 rings (SSSR count). The number of pyridine rings is 1. The van der Waals surface area contributed by atoms with Gasteiger partial charge in [0.15, 0.2) is 0 Å². The Morgan fingerprint density at radius 3 is 3.12 bits per heavy atom. The van der Waals surface area contributed by atoms with Crippen molar-refractivity contribution in [3.8, 4) is 0 Å². The number of carbonyl (C=O) groups is 1. The molecular formula is C12H16N2O2. The number of aromatic nitrogens is 1. The largest absolute Gasteiger partial charge is 0.336 e. The second-order valence-electron chi connectivity index (χ2n) is 4.14. The van der Waals surface area contributed by atoms with Gasteiger partial charge in [0.05, 0.1) is 0 Å². The predicted molar refractivity (Wildman–Crippen MR) is 61.4 cm³/mol. The Bertz CT molecular complexity index is 439. The number of likely N-dealkylation sites (tertiary alicyclic amines) is 1. The van der Waals surface area contributed by atoms with Gasteiger partial charge in [0.2, 0.25) is 5.56 Å². The number of nitrogens with zero attached hydrogens (tertiary/aromatic N) is 1. The number of hydrogen-bond donors (Lipinski definition) is 1. The molecule has 1 aromatic rings. The van der Waals surface area contributed by atoms with Gasteiger partial charge in [-0.3, -0.25) is 9.59 Å². The summed E-state index contributed by atoms with van der Waals surface area (Å²) in [5.41, 5.74) is 0.266. The van der Waals surface area contributed by atoms with E-state index in [0.717, 1.165) is 25.8 Å². The lowest BCUT2D eigenvalue weighted by Crippen LogP contribution is -2.35. The van der Waals surface area contributed by atoms with E-state index in [0.29, 0.717) is 11.6 Å². The molecule has 4 heteroatoms. The lowest BCUT2D eigenvalue weighted by Gasteiger charge is -2.23. The SMILES string of the molecule is CCC1CCCN1C(=O)c1cc[nH]c(=O)c1. The highest BCUT2D eigenvalue weighted by molar-refractivity contribution is 5.94. The van der Waals surface area contributed by atoms with Gasteiger partial charge in [0.25, 0.3) is 5.91 Å². The molecule has 1 amide bonds. The molecule has 1 atom stereocenters. The van der Waals surface area contributed by atoms with Crippen molar-refractivity contribution in [2.75, 3.05) is 6.54 Å². The van der Waals surface area contributed by atoms with E-state index in [4.69, 9.17) is 0 Å². The quantitative estimate of drug-likeness (QED) is 0.818. The van der Waals surface area contributed by atoms with Crippen LogP contribution in [0.1, 0.15) is 36.5 Å². The third kappa shape index (κ3) is 2.01. The number of carbonyl (C=O) groups excluding carboxylic acids is 1. The van der Waals surface area contributed by atoms with Gasteiger partial charge >= 0.3 is 0 Å². The lowest BCUT2D eigenvalue weighted by atomic mass is 10.1. The minimum absolute atomic E-state index is 0.0181. The molecule has 1 aliphatic rings. The fourth-order valence-corrected chi connectivity index (χ4v) is 2.27. The van der Waals surface area contributed by atoms with Crippen molar-refractivity contribution in [2.45, 2.75) is 32.2 Å². The van der Waals surface area contributed by atoms with Crippen LogP contribution in [0.25, 0.3) is 0 Å². The number of hydrogen-bond acceptors (Lipinski definition) is 2. The van der Waals surface area contributed by atoms with Crippen LogP contribution in [-0.4, -0.2) is 28.4 Å². The molecule has 0 aliphatic carbocycles. The van der Waals surface area contributed by atoms with Gasteiger partial charge in [0, 0.05) is 30.4 Å². The number of aromatic amines is 1. The van der Waals surface area contributed by atoms with Crippen LogP contribution < -0.4 is 5.56 Å². The molecule has 1 fully saturated rings. The van der Waals surface area contributed by atoms with Crippen LogP contribution in [0, 0.1) is 0 Å². The first kappa shape index (κ1) is 10.9. The van der Waals surface area contributed by atoms with Gasteiger partial charge in [-0.2, -0.15) is 0 Å². The maximum absolute atomic E-state index is 12.1. The normalized spacial score (nSPS) is 20.1. The lowest BCUT2D eigenvalue weighted by molar-refractivity contribution is 0.0733. The van der Waals surface area contributed by atoms with Crippen LogP contribution in [0.5, 0.6) is 0 Å². The summed E-state index contributed by atoms with van der Waals surface area (Å²) < 4.78 is 0. The van der Waals surface area contributed by atoms with E-state index in [-0.39, 0.29) is 11.5 Å². The maximum Gasteiger partial charge on any atom is 0.254 e. The van der Waals surface area contributed by atoms with Crippen molar-refractivity contribution in [1.29, 1.82) is 0 Å². The van der Waals surface area contributed by atoms with E-state index in [1.807, 2.05) is 4.90 Å². The number of amides is 1. The van der Waals surface area contributed by atoms with E-state index in [1.54, 1.807) is 6.07 Å². The summed E-state index contributed by atoms with van der Waals surface area (Å²) in [6, 6.07) is 3.37. The molecule has 1 saturated heterocycles. The number of H-pyrrole nitrogens is 1. The van der Waals surface area contributed by atoms with Crippen molar-refractivity contribution in [3.63, 3.8) is 0 Å². The molecular weight excluding hydrogens is 204 g/mol. The average molecular weight is 220 g/mol. The van der Waals surface area contributed by atoms with Crippen molar-refractivity contribution in [3.05, 3.63) is 34.2 Å². The fraction of sp³-hybridized carbons (Fsp3) is 0.500. The highest BCUT2D eigenvalue weighted by Gasteiger charge is 2.27. The molecule has 1 aliphatic heterocycles. The van der Waals surface area contributed by atoms with E-state index in [2.05, 4.69) is 11.9 Å². The van der Waals surface area contributed by atoms with Gasteiger partial charge in [-0.15, -0.1) is 0 Å². The summed E-state index contributed by atoms with van der Waals surface area (Å²) >= 11 is 0. The second kappa shape index (κ2) is 4.51. The molecule has 2 heterocycles. The Kier molecular flexibility index (Phi) is 3.08. The summed E-state index contributed by atoms with van der Waals surface area (Å²) in [6.07, 6.45) is 4.64. The molecule has 0 aromatic carbocycles. The number of rotatable bonds is 2. The smallest absolute Gasteiger partial charge is 0.254 e. The zero-order valence-electron chi connectivity index (χ0n) is 9.40. The maximum atomic E-state index is 12.1. The third-order valence-electron chi connectivity index (χ3n) is 3.13. The molecule has 1 unspecified atom stereocenters. The molecule has 0 spiro atoms. The molecule has 0 saturated carbocycles. The van der Waals surface area contributed by atoms with Crippen LogP contribution in [0.2, 0.25) is 0 Å². The Morgan fingerprint density at radius 2 is 2.44 bits per heavy atom. The van der Waals surface area contributed by atoms with Gasteiger partial charge < -0.3 is 9.88 Å². The zero-order valence-corrected chi connectivity index (χ0v) is 9.40. The summed E-state index contributed by atoms with van der Waals surface area (Å²) in [4.78, 5) is 27.7. The van der Waals surface area contributed by atoms with Crippen molar-refractivity contribution >= 4 is 5.91 Å². The Balaban J connectivity index is 2.22. The van der Waals surface area contributed by atoms with E-state index in [9.17, 15) is 9.59 Å². The first-order valence-corrected chi connectivity index (χ1v) is 5.72. The summed E-state index contributed by atoms with van der Waals surface area (Å²) in [7, 11) is 0. The molecule has 4 nitrogen and oxygen atoms in total. The van der Waals surface area contributed by atoms with E-state index in [1.165, 1.54) is 12.3 Å². The fourth-order valence-electron chi connectivity index (χ4n) is 2.27. The molecule has 1 N–H and O–H groups in total. The topological polar surface area (TPSA) is 53.2 Å². The highest BCUT2D eigenvalue weighted by Crippen LogP contribution is 2.21. The average Bonchev–Trinajstić information content (AvgIpc) is 2.76. The van der Waals surface area contributed by atoms with Crippen molar-refractivity contribution < 1.29 is 4.79 Å². The van der Waals surface area contributed by atoms with Crippen LogP contribution >= 0.6 is 0 Å². The zero-order chi connectivity index (χ0) is 11.5. The molecule has 86 valence electrons. The second-order valence-corrected chi connectivity index (χ2v) is 4.14. The Hall–Kier alpha value is -1.58. The third-order valence-corrected chi connectivity index (χ3v) is 3.13. The van der Waals surface area contributed by atoms with Gasteiger partial charge in [-0.25, -0.2) is 0 Å². The molecule has 0 radical (unpaired) electrons. The first-order valence-electron chi connectivity index (χ1n) is 5.72. The Labute approximate surface area is 94.3 Å². The number of nitrogens with one attached hydrogen (secondary N) is 1. The monoisotopic (exact) mass is 220 g/mol. The van der Waals surface area contributed by atoms with Crippen LogP contribution in [0.3, 0.4) is 0 Å². The van der Waals surface area contributed by atoms with Crippen molar-refractivity contribution in [2.24, 2.45) is 0 Å². The minimum atomic E-state index is -0.224. The highest BCUT2D eigenvalue weighted by atomic mass is 16.2. The van der Waals surface area contributed by atoms with Gasteiger partial charge in [0.1, 0.15) is 0 Å².